The van der Waals surface area contributed by atoms with Gasteiger partial charge in [-0.2, -0.15) is 0 Å². The molecule has 1 fully saturated rings. The predicted molar refractivity (Wildman–Crippen MR) is 118 cm³/mol. The Labute approximate surface area is 183 Å². The molecule has 0 radical (unpaired) electrons. The third kappa shape index (κ3) is 5.32. The molecule has 1 aliphatic carbocycles. The second-order valence-corrected chi connectivity index (χ2v) is 9.31. The van der Waals surface area contributed by atoms with Crippen molar-refractivity contribution in [2.45, 2.75) is 58.4 Å². The standard InChI is InChI=1S/C24H31FN4O2/c1-24(2)14-19(17-16-26-23(28-20(17)15-24)29-11-5-6-12-29)27-22(30)10-7-13-31-21-9-4-3-8-18(21)25/h3-4,8-9,16,19H,5-7,10-15H2,1-2H3,(H,27,30). The number of para-hydroxylation sites is 1. The summed E-state index contributed by atoms with van der Waals surface area (Å²) in [6, 6.07) is 6.21. The zero-order chi connectivity index (χ0) is 21.8. The Morgan fingerprint density at radius 2 is 2.06 bits per heavy atom. The van der Waals surface area contributed by atoms with Gasteiger partial charge in [-0.3, -0.25) is 4.79 Å². The molecule has 2 aliphatic rings. The van der Waals surface area contributed by atoms with E-state index < -0.39 is 0 Å². The van der Waals surface area contributed by atoms with Crippen LogP contribution in [0, 0.1) is 11.2 Å². The molecular weight excluding hydrogens is 395 g/mol. The number of hydrogen-bond donors (Lipinski definition) is 1. The zero-order valence-electron chi connectivity index (χ0n) is 18.4. The first-order valence-electron chi connectivity index (χ1n) is 11.2. The maximum atomic E-state index is 13.6. The summed E-state index contributed by atoms with van der Waals surface area (Å²) in [5.41, 5.74) is 2.12. The van der Waals surface area contributed by atoms with Gasteiger partial charge in [-0.1, -0.05) is 26.0 Å². The Hall–Kier alpha value is -2.70. The lowest BCUT2D eigenvalue weighted by Crippen LogP contribution is -2.37. The number of carbonyl (C=O) groups excluding carboxylic acids is 1. The highest BCUT2D eigenvalue weighted by molar-refractivity contribution is 5.76. The third-order valence-corrected chi connectivity index (χ3v) is 6.03. The van der Waals surface area contributed by atoms with E-state index >= 15 is 0 Å². The van der Waals surface area contributed by atoms with Crippen LogP contribution in [-0.2, 0) is 11.2 Å². The number of anilines is 1. The fourth-order valence-electron chi connectivity index (χ4n) is 4.48. The molecule has 1 amide bonds. The van der Waals surface area contributed by atoms with Gasteiger partial charge in [0.05, 0.1) is 18.3 Å². The topological polar surface area (TPSA) is 67.4 Å². The van der Waals surface area contributed by atoms with Gasteiger partial charge in [0.1, 0.15) is 0 Å². The first kappa shape index (κ1) is 21.5. The molecule has 2 heterocycles. The lowest BCUT2D eigenvalue weighted by atomic mass is 9.74. The number of ether oxygens (including phenoxy) is 1. The summed E-state index contributed by atoms with van der Waals surface area (Å²) in [5, 5.41) is 3.17. The monoisotopic (exact) mass is 426 g/mol. The highest BCUT2D eigenvalue weighted by atomic mass is 19.1. The van der Waals surface area contributed by atoms with E-state index in [0.29, 0.717) is 19.4 Å². The van der Waals surface area contributed by atoms with Crippen molar-refractivity contribution in [3.05, 3.63) is 47.5 Å². The van der Waals surface area contributed by atoms with E-state index in [4.69, 9.17) is 9.72 Å². The number of aromatic nitrogens is 2. The number of rotatable bonds is 7. The van der Waals surface area contributed by atoms with E-state index in [1.807, 2.05) is 6.20 Å². The van der Waals surface area contributed by atoms with Crippen molar-refractivity contribution in [2.24, 2.45) is 5.41 Å². The van der Waals surface area contributed by atoms with Crippen LogP contribution in [0.2, 0.25) is 0 Å². The average molecular weight is 427 g/mol. The fourth-order valence-corrected chi connectivity index (χ4v) is 4.48. The van der Waals surface area contributed by atoms with Gasteiger partial charge in [0.15, 0.2) is 11.6 Å². The van der Waals surface area contributed by atoms with Crippen molar-refractivity contribution in [1.29, 1.82) is 0 Å². The second-order valence-electron chi connectivity index (χ2n) is 9.31. The van der Waals surface area contributed by atoms with Gasteiger partial charge in [0, 0.05) is 31.3 Å². The van der Waals surface area contributed by atoms with Crippen LogP contribution in [0.4, 0.5) is 10.3 Å². The first-order valence-corrected chi connectivity index (χ1v) is 11.2. The number of benzene rings is 1. The second kappa shape index (κ2) is 9.20. The summed E-state index contributed by atoms with van der Waals surface area (Å²) < 4.78 is 19.1. The molecule has 1 atom stereocenters. The summed E-state index contributed by atoms with van der Waals surface area (Å²) in [6.07, 6.45) is 6.85. The number of carbonyl (C=O) groups is 1. The van der Waals surface area contributed by atoms with Gasteiger partial charge in [0.25, 0.3) is 0 Å². The lowest BCUT2D eigenvalue weighted by Gasteiger charge is -2.36. The van der Waals surface area contributed by atoms with E-state index in [0.717, 1.165) is 43.1 Å². The minimum atomic E-state index is -0.388. The molecule has 1 saturated heterocycles. The van der Waals surface area contributed by atoms with Crippen molar-refractivity contribution in [3.63, 3.8) is 0 Å². The highest BCUT2D eigenvalue weighted by Crippen LogP contribution is 2.40. The molecule has 31 heavy (non-hydrogen) atoms. The molecule has 6 nitrogen and oxygen atoms in total. The quantitative estimate of drug-likeness (QED) is 0.672. The average Bonchev–Trinajstić information content (AvgIpc) is 3.26. The predicted octanol–water partition coefficient (Wildman–Crippen LogP) is 4.20. The van der Waals surface area contributed by atoms with Crippen LogP contribution in [-0.4, -0.2) is 35.6 Å². The highest BCUT2D eigenvalue weighted by Gasteiger charge is 2.35. The zero-order valence-corrected chi connectivity index (χ0v) is 18.4. The molecule has 1 aromatic carbocycles. The molecule has 7 heteroatoms. The van der Waals surface area contributed by atoms with Crippen LogP contribution in [0.25, 0.3) is 0 Å². The van der Waals surface area contributed by atoms with Gasteiger partial charge in [-0.05, 0) is 49.7 Å². The maximum Gasteiger partial charge on any atom is 0.225 e. The van der Waals surface area contributed by atoms with Gasteiger partial charge >= 0.3 is 0 Å². The third-order valence-electron chi connectivity index (χ3n) is 6.03. The van der Waals surface area contributed by atoms with Crippen molar-refractivity contribution in [2.75, 3.05) is 24.6 Å². The maximum absolute atomic E-state index is 13.6. The van der Waals surface area contributed by atoms with E-state index in [-0.39, 0.29) is 28.9 Å². The molecule has 0 spiro atoms. The van der Waals surface area contributed by atoms with Crippen LogP contribution in [0.3, 0.4) is 0 Å². The van der Waals surface area contributed by atoms with Gasteiger partial charge < -0.3 is 15.0 Å². The van der Waals surface area contributed by atoms with Gasteiger partial charge in [-0.15, -0.1) is 0 Å². The summed E-state index contributed by atoms with van der Waals surface area (Å²) in [4.78, 5) is 24.3. The van der Waals surface area contributed by atoms with Crippen LogP contribution >= 0.6 is 0 Å². The fraction of sp³-hybridized carbons (Fsp3) is 0.542. The molecule has 1 N–H and O–H groups in total. The number of hydrogen-bond acceptors (Lipinski definition) is 5. The Morgan fingerprint density at radius 1 is 1.29 bits per heavy atom. The van der Waals surface area contributed by atoms with Crippen molar-refractivity contribution in [1.82, 2.24) is 15.3 Å². The molecule has 1 unspecified atom stereocenters. The van der Waals surface area contributed by atoms with Crippen molar-refractivity contribution in [3.8, 4) is 5.75 Å². The molecule has 4 rings (SSSR count). The summed E-state index contributed by atoms with van der Waals surface area (Å²) in [5.74, 6) is 0.608. The molecule has 0 saturated carbocycles. The molecule has 1 aliphatic heterocycles. The lowest BCUT2D eigenvalue weighted by molar-refractivity contribution is -0.122. The minimum absolute atomic E-state index is 0.0330. The van der Waals surface area contributed by atoms with E-state index in [2.05, 4.69) is 29.0 Å². The number of nitrogens with zero attached hydrogens (tertiary/aromatic N) is 3. The van der Waals surface area contributed by atoms with Crippen LogP contribution in [0.1, 0.15) is 63.3 Å². The van der Waals surface area contributed by atoms with Crippen LogP contribution in [0.15, 0.2) is 30.5 Å². The Kier molecular flexibility index (Phi) is 6.39. The Morgan fingerprint density at radius 3 is 2.84 bits per heavy atom. The molecule has 1 aromatic heterocycles. The molecule has 166 valence electrons. The van der Waals surface area contributed by atoms with Gasteiger partial charge in [0.2, 0.25) is 11.9 Å². The first-order chi connectivity index (χ1) is 14.9. The Bertz CT molecular complexity index is 928. The van der Waals surface area contributed by atoms with Gasteiger partial charge in [-0.25, -0.2) is 14.4 Å². The normalized spacial score (nSPS) is 19.7. The number of amides is 1. The van der Waals surface area contributed by atoms with E-state index in [1.165, 1.54) is 18.9 Å². The molecular formula is C24H31FN4O2. The van der Waals surface area contributed by atoms with E-state index in [9.17, 15) is 9.18 Å². The van der Waals surface area contributed by atoms with Crippen molar-refractivity contribution < 1.29 is 13.9 Å². The Balaban J connectivity index is 1.35. The summed E-state index contributed by atoms with van der Waals surface area (Å²) in [7, 11) is 0. The summed E-state index contributed by atoms with van der Waals surface area (Å²) >= 11 is 0. The van der Waals surface area contributed by atoms with Crippen molar-refractivity contribution >= 4 is 11.9 Å². The minimum Gasteiger partial charge on any atom is -0.491 e. The van der Waals surface area contributed by atoms with Crippen LogP contribution in [0.5, 0.6) is 5.75 Å². The van der Waals surface area contributed by atoms with E-state index in [1.54, 1.807) is 18.2 Å². The number of nitrogens with one attached hydrogen (secondary N) is 1. The number of halogens is 1. The largest absolute Gasteiger partial charge is 0.491 e. The van der Waals surface area contributed by atoms with Crippen LogP contribution < -0.4 is 15.0 Å². The molecule has 2 aromatic rings. The number of fused-ring (bicyclic) bond motifs is 1. The SMILES string of the molecule is CC1(C)Cc2nc(N3CCCC3)ncc2C(NC(=O)CCCOc2ccccc2F)C1. The summed E-state index contributed by atoms with van der Waals surface area (Å²) in [6.45, 7) is 6.75. The smallest absolute Gasteiger partial charge is 0.225 e. The molecule has 0 bridgehead atoms.